The maximum Gasteiger partial charge on any atom is 0.0705 e. The van der Waals surface area contributed by atoms with E-state index >= 15 is 0 Å². The van der Waals surface area contributed by atoms with Crippen LogP contribution in [-0.4, -0.2) is 4.98 Å². The van der Waals surface area contributed by atoms with Crippen molar-refractivity contribution in [2.24, 2.45) is 5.73 Å². The highest BCUT2D eigenvalue weighted by Gasteiger charge is 2.08. The van der Waals surface area contributed by atoms with Crippen LogP contribution in [0.25, 0.3) is 10.9 Å². The van der Waals surface area contributed by atoms with Crippen molar-refractivity contribution < 1.29 is 0 Å². The van der Waals surface area contributed by atoms with Gasteiger partial charge >= 0.3 is 0 Å². The molecule has 0 aliphatic carbocycles. The Morgan fingerprint density at radius 1 is 1.05 bits per heavy atom. The Morgan fingerprint density at radius 2 is 1.81 bits per heavy atom. The number of pyridine rings is 1. The standard InChI is InChI=1S/C18H17ClN2/c1-12-2-5-15-11-14(6-9-18(15)21-12)17(20)10-13-3-7-16(19)8-4-13/h2-9,11,17H,10,20H2,1H3. The number of aryl methyl sites for hydroxylation is 1. The van der Waals surface area contributed by atoms with Crippen molar-refractivity contribution in [3.63, 3.8) is 0 Å². The Hall–Kier alpha value is -1.90. The van der Waals surface area contributed by atoms with E-state index < -0.39 is 0 Å². The second-order valence-corrected chi connectivity index (χ2v) is 5.78. The van der Waals surface area contributed by atoms with Gasteiger partial charge < -0.3 is 5.73 Å². The average molecular weight is 297 g/mol. The molecule has 0 spiro atoms. The van der Waals surface area contributed by atoms with Gasteiger partial charge in [0.25, 0.3) is 0 Å². The molecule has 21 heavy (non-hydrogen) atoms. The fraction of sp³-hybridized carbons (Fsp3) is 0.167. The van der Waals surface area contributed by atoms with Crippen LogP contribution in [-0.2, 0) is 6.42 Å². The minimum absolute atomic E-state index is 0.0307. The first kappa shape index (κ1) is 14.1. The van der Waals surface area contributed by atoms with Crippen molar-refractivity contribution in [2.75, 3.05) is 0 Å². The van der Waals surface area contributed by atoms with E-state index in [2.05, 4.69) is 23.2 Å². The Balaban J connectivity index is 1.85. The predicted molar refractivity (Wildman–Crippen MR) is 88.6 cm³/mol. The quantitative estimate of drug-likeness (QED) is 0.776. The molecule has 0 saturated heterocycles. The number of aromatic nitrogens is 1. The van der Waals surface area contributed by atoms with Gasteiger partial charge in [0.15, 0.2) is 0 Å². The summed E-state index contributed by atoms with van der Waals surface area (Å²) in [5.74, 6) is 0. The highest BCUT2D eigenvalue weighted by Crippen LogP contribution is 2.22. The lowest BCUT2D eigenvalue weighted by Crippen LogP contribution is -2.13. The van der Waals surface area contributed by atoms with E-state index in [1.54, 1.807) is 0 Å². The summed E-state index contributed by atoms with van der Waals surface area (Å²) >= 11 is 5.91. The van der Waals surface area contributed by atoms with Crippen LogP contribution in [0.5, 0.6) is 0 Å². The highest BCUT2D eigenvalue weighted by atomic mass is 35.5. The second-order valence-electron chi connectivity index (χ2n) is 5.34. The molecule has 0 fully saturated rings. The van der Waals surface area contributed by atoms with Crippen LogP contribution in [0.1, 0.15) is 22.9 Å². The topological polar surface area (TPSA) is 38.9 Å². The monoisotopic (exact) mass is 296 g/mol. The largest absolute Gasteiger partial charge is 0.324 e. The smallest absolute Gasteiger partial charge is 0.0705 e. The van der Waals surface area contributed by atoms with E-state index in [1.165, 1.54) is 5.56 Å². The summed E-state index contributed by atoms with van der Waals surface area (Å²) in [6, 6.07) is 18.2. The van der Waals surface area contributed by atoms with Crippen LogP contribution in [0.15, 0.2) is 54.6 Å². The van der Waals surface area contributed by atoms with E-state index in [0.717, 1.165) is 33.6 Å². The number of benzene rings is 2. The molecule has 2 N–H and O–H groups in total. The van der Waals surface area contributed by atoms with E-state index in [4.69, 9.17) is 17.3 Å². The molecule has 0 amide bonds. The number of rotatable bonds is 3. The average Bonchev–Trinajstić information content (AvgIpc) is 2.49. The SMILES string of the molecule is Cc1ccc2cc(C(N)Cc3ccc(Cl)cc3)ccc2n1. The molecular formula is C18H17ClN2. The number of nitrogens with two attached hydrogens (primary N) is 1. The third kappa shape index (κ3) is 3.23. The second kappa shape index (κ2) is 5.84. The van der Waals surface area contributed by atoms with Crippen molar-refractivity contribution >= 4 is 22.5 Å². The molecule has 0 aliphatic rings. The summed E-state index contributed by atoms with van der Waals surface area (Å²) in [5.41, 5.74) is 10.7. The molecule has 2 nitrogen and oxygen atoms in total. The van der Waals surface area contributed by atoms with Crippen molar-refractivity contribution in [2.45, 2.75) is 19.4 Å². The third-order valence-corrected chi connectivity index (χ3v) is 3.90. The van der Waals surface area contributed by atoms with E-state index in [9.17, 15) is 0 Å². The predicted octanol–water partition coefficient (Wildman–Crippen LogP) is 4.44. The molecule has 2 aromatic carbocycles. The molecule has 1 aromatic heterocycles. The summed E-state index contributed by atoms with van der Waals surface area (Å²) in [6.45, 7) is 2.00. The van der Waals surface area contributed by atoms with E-state index in [-0.39, 0.29) is 6.04 Å². The van der Waals surface area contributed by atoms with Gasteiger partial charge in [-0.25, -0.2) is 0 Å². The van der Waals surface area contributed by atoms with Gasteiger partial charge in [-0.05, 0) is 54.8 Å². The van der Waals surface area contributed by atoms with Crippen LogP contribution in [0, 0.1) is 6.92 Å². The molecule has 0 bridgehead atoms. The van der Waals surface area contributed by atoms with Crippen LogP contribution < -0.4 is 5.73 Å². The molecule has 0 aliphatic heterocycles. The Labute approximate surface area is 129 Å². The van der Waals surface area contributed by atoms with Crippen molar-refractivity contribution in [1.82, 2.24) is 4.98 Å². The first-order chi connectivity index (χ1) is 10.1. The van der Waals surface area contributed by atoms with E-state index in [1.807, 2.05) is 43.3 Å². The lowest BCUT2D eigenvalue weighted by atomic mass is 9.98. The molecule has 1 heterocycles. The molecule has 1 atom stereocenters. The van der Waals surface area contributed by atoms with Gasteiger partial charge in [0.05, 0.1) is 5.52 Å². The highest BCUT2D eigenvalue weighted by molar-refractivity contribution is 6.30. The van der Waals surface area contributed by atoms with Crippen molar-refractivity contribution in [3.05, 3.63) is 76.4 Å². The number of halogens is 1. The fourth-order valence-electron chi connectivity index (χ4n) is 2.47. The molecular weight excluding hydrogens is 280 g/mol. The fourth-order valence-corrected chi connectivity index (χ4v) is 2.59. The first-order valence-corrected chi connectivity index (χ1v) is 7.37. The van der Waals surface area contributed by atoms with Gasteiger partial charge in [0, 0.05) is 22.1 Å². The Morgan fingerprint density at radius 3 is 2.57 bits per heavy atom. The molecule has 0 radical (unpaired) electrons. The number of fused-ring (bicyclic) bond motifs is 1. The third-order valence-electron chi connectivity index (χ3n) is 3.65. The van der Waals surface area contributed by atoms with Crippen LogP contribution in [0.4, 0.5) is 0 Å². The zero-order valence-corrected chi connectivity index (χ0v) is 12.6. The van der Waals surface area contributed by atoms with Gasteiger partial charge in [0.2, 0.25) is 0 Å². The summed E-state index contributed by atoms with van der Waals surface area (Å²) < 4.78 is 0. The van der Waals surface area contributed by atoms with E-state index in [0.29, 0.717) is 0 Å². The number of nitrogens with zero attached hydrogens (tertiary/aromatic N) is 1. The van der Waals surface area contributed by atoms with Gasteiger partial charge in [-0.3, -0.25) is 4.98 Å². The summed E-state index contributed by atoms with van der Waals surface area (Å²) in [6.07, 6.45) is 0.794. The lowest BCUT2D eigenvalue weighted by Gasteiger charge is -2.13. The number of hydrogen-bond acceptors (Lipinski definition) is 2. The molecule has 3 rings (SSSR count). The number of hydrogen-bond donors (Lipinski definition) is 1. The molecule has 0 saturated carbocycles. The van der Waals surface area contributed by atoms with Gasteiger partial charge in [-0.2, -0.15) is 0 Å². The Kier molecular flexibility index (Phi) is 3.91. The molecule has 3 aromatic rings. The van der Waals surface area contributed by atoms with Gasteiger partial charge in [-0.15, -0.1) is 0 Å². The van der Waals surface area contributed by atoms with Crippen LogP contribution in [0.2, 0.25) is 5.02 Å². The summed E-state index contributed by atoms with van der Waals surface area (Å²) in [7, 11) is 0. The zero-order valence-electron chi connectivity index (χ0n) is 11.9. The Bertz CT molecular complexity index is 766. The van der Waals surface area contributed by atoms with Crippen molar-refractivity contribution in [1.29, 1.82) is 0 Å². The normalized spacial score (nSPS) is 12.5. The summed E-state index contributed by atoms with van der Waals surface area (Å²) in [4.78, 5) is 4.51. The minimum Gasteiger partial charge on any atom is -0.324 e. The zero-order chi connectivity index (χ0) is 14.8. The molecule has 1 unspecified atom stereocenters. The van der Waals surface area contributed by atoms with Gasteiger partial charge in [-0.1, -0.05) is 35.9 Å². The molecule has 3 heteroatoms. The lowest BCUT2D eigenvalue weighted by molar-refractivity contribution is 0.723. The first-order valence-electron chi connectivity index (χ1n) is 6.99. The maximum atomic E-state index is 6.33. The van der Waals surface area contributed by atoms with Crippen molar-refractivity contribution in [3.8, 4) is 0 Å². The maximum absolute atomic E-state index is 6.33. The van der Waals surface area contributed by atoms with Gasteiger partial charge in [0.1, 0.15) is 0 Å². The molecule has 106 valence electrons. The van der Waals surface area contributed by atoms with Crippen LogP contribution >= 0.6 is 11.6 Å². The van der Waals surface area contributed by atoms with Crippen LogP contribution in [0.3, 0.4) is 0 Å². The minimum atomic E-state index is -0.0307. The summed E-state index contributed by atoms with van der Waals surface area (Å²) in [5, 5.41) is 1.88.